The van der Waals surface area contributed by atoms with E-state index in [1.165, 1.54) is 0 Å². The molecule has 154 valence electrons. The Balaban J connectivity index is 1.37. The van der Waals surface area contributed by atoms with E-state index in [1.807, 2.05) is 30.3 Å². The molecule has 3 amide bonds. The SMILES string of the molecule is O=C(NCc1cccc(Cl)c1)C1=CN2CCN(Cc3cccc(Cl)c3)C(=O)N=C2O1. The summed E-state index contributed by atoms with van der Waals surface area (Å²) in [6, 6.07) is 14.2. The van der Waals surface area contributed by atoms with Crippen molar-refractivity contribution in [2.24, 2.45) is 4.99 Å². The predicted octanol–water partition coefficient (Wildman–Crippen LogP) is 3.78. The zero-order chi connectivity index (χ0) is 21.1. The number of carbonyl (C=O) groups excluding carboxylic acids is 2. The molecule has 2 aromatic rings. The average Bonchev–Trinajstić information content (AvgIpc) is 3.06. The standard InChI is InChI=1S/C21H18Cl2N4O3/c22-16-5-1-3-14(9-16)11-24-19(28)18-13-27-8-7-26(20(29)25-21(27)30-18)12-15-4-2-6-17(23)10-15/h1-6,9-10,13H,7-8,11-12H2,(H,24,28). The van der Waals surface area contributed by atoms with Gasteiger partial charge in [0.05, 0.1) is 6.20 Å². The van der Waals surface area contributed by atoms with Crippen molar-refractivity contribution in [3.63, 3.8) is 0 Å². The molecule has 0 unspecified atom stereocenters. The minimum Gasteiger partial charge on any atom is -0.418 e. The molecule has 7 nitrogen and oxygen atoms in total. The number of benzene rings is 2. The highest BCUT2D eigenvalue weighted by atomic mass is 35.5. The molecule has 0 fully saturated rings. The lowest BCUT2D eigenvalue weighted by Gasteiger charge is -2.19. The van der Waals surface area contributed by atoms with Crippen molar-refractivity contribution in [2.75, 3.05) is 13.1 Å². The summed E-state index contributed by atoms with van der Waals surface area (Å²) in [4.78, 5) is 32.2. The van der Waals surface area contributed by atoms with Crippen LogP contribution in [0.15, 0.2) is 65.5 Å². The molecular formula is C21H18Cl2N4O3. The first-order valence-corrected chi connectivity index (χ1v) is 10.0. The molecule has 0 spiro atoms. The third-order valence-corrected chi connectivity index (χ3v) is 5.09. The Morgan fingerprint density at radius 2 is 1.77 bits per heavy atom. The van der Waals surface area contributed by atoms with Crippen molar-refractivity contribution in [3.8, 4) is 0 Å². The first-order chi connectivity index (χ1) is 14.5. The molecule has 1 N–H and O–H groups in total. The molecule has 2 aliphatic rings. The largest absolute Gasteiger partial charge is 0.418 e. The van der Waals surface area contributed by atoms with Crippen molar-refractivity contribution >= 4 is 41.2 Å². The van der Waals surface area contributed by atoms with Crippen molar-refractivity contribution in [1.29, 1.82) is 0 Å². The summed E-state index contributed by atoms with van der Waals surface area (Å²) in [5.74, 6) is -0.305. The van der Waals surface area contributed by atoms with Gasteiger partial charge in [-0.3, -0.25) is 9.69 Å². The highest BCUT2D eigenvalue weighted by Gasteiger charge is 2.31. The smallest absolute Gasteiger partial charge is 0.348 e. The van der Waals surface area contributed by atoms with Crippen LogP contribution in [0.1, 0.15) is 11.1 Å². The highest BCUT2D eigenvalue weighted by Crippen LogP contribution is 2.20. The van der Waals surface area contributed by atoms with Gasteiger partial charge in [-0.25, -0.2) is 4.79 Å². The number of amidine groups is 1. The molecule has 30 heavy (non-hydrogen) atoms. The average molecular weight is 445 g/mol. The fourth-order valence-electron chi connectivity index (χ4n) is 3.13. The maximum Gasteiger partial charge on any atom is 0.348 e. The molecule has 2 aromatic carbocycles. The van der Waals surface area contributed by atoms with E-state index in [2.05, 4.69) is 10.3 Å². The summed E-state index contributed by atoms with van der Waals surface area (Å²) in [6.07, 6.45) is 1.56. The number of aliphatic imine (C=N–C) groups is 1. The summed E-state index contributed by atoms with van der Waals surface area (Å²) < 4.78 is 5.54. The molecule has 0 saturated carbocycles. The van der Waals surface area contributed by atoms with E-state index in [9.17, 15) is 9.59 Å². The van der Waals surface area contributed by atoms with Gasteiger partial charge in [-0.05, 0) is 35.4 Å². The number of ether oxygens (including phenoxy) is 1. The van der Waals surface area contributed by atoms with E-state index >= 15 is 0 Å². The van der Waals surface area contributed by atoms with Crippen molar-refractivity contribution < 1.29 is 14.3 Å². The van der Waals surface area contributed by atoms with Gasteiger partial charge >= 0.3 is 12.1 Å². The van der Waals surface area contributed by atoms with Crippen LogP contribution in [-0.4, -0.2) is 40.8 Å². The third kappa shape index (κ3) is 4.75. The number of amides is 3. The Hall–Kier alpha value is -3.03. The van der Waals surface area contributed by atoms with Crippen LogP contribution >= 0.6 is 23.2 Å². The number of urea groups is 1. The molecule has 9 heteroatoms. The summed E-state index contributed by atoms with van der Waals surface area (Å²) >= 11 is 12.0. The highest BCUT2D eigenvalue weighted by molar-refractivity contribution is 6.30. The normalized spacial score (nSPS) is 15.7. The first kappa shape index (κ1) is 20.3. The van der Waals surface area contributed by atoms with Crippen LogP contribution in [0.5, 0.6) is 0 Å². The molecule has 4 rings (SSSR count). The maximum atomic E-state index is 12.5. The number of hydrogen-bond donors (Lipinski definition) is 1. The van der Waals surface area contributed by atoms with Gasteiger partial charge in [0.25, 0.3) is 5.91 Å². The molecule has 0 atom stereocenters. The van der Waals surface area contributed by atoms with Gasteiger partial charge in [-0.1, -0.05) is 47.5 Å². The van der Waals surface area contributed by atoms with Crippen molar-refractivity contribution in [1.82, 2.24) is 15.1 Å². The van der Waals surface area contributed by atoms with E-state index in [1.54, 1.807) is 34.2 Å². The zero-order valence-electron chi connectivity index (χ0n) is 15.8. The van der Waals surface area contributed by atoms with Gasteiger partial charge in [-0.2, -0.15) is 0 Å². The lowest BCUT2D eigenvalue weighted by atomic mass is 10.2. The lowest BCUT2D eigenvalue weighted by molar-refractivity contribution is -0.119. The topological polar surface area (TPSA) is 74.2 Å². The quantitative estimate of drug-likeness (QED) is 0.761. The van der Waals surface area contributed by atoms with Gasteiger partial charge in [0.1, 0.15) is 0 Å². The Morgan fingerprint density at radius 1 is 1.07 bits per heavy atom. The number of fused-ring (bicyclic) bond motifs is 1. The molecule has 0 aromatic heterocycles. The second-order valence-electron chi connectivity index (χ2n) is 6.83. The summed E-state index contributed by atoms with van der Waals surface area (Å²) in [5, 5.41) is 3.98. The Labute approximate surface area is 183 Å². The molecule has 0 aliphatic carbocycles. The van der Waals surface area contributed by atoms with Crippen LogP contribution in [0.25, 0.3) is 0 Å². The molecular weight excluding hydrogens is 427 g/mol. The minimum absolute atomic E-state index is 0.0897. The van der Waals surface area contributed by atoms with Crippen LogP contribution in [0.3, 0.4) is 0 Å². The van der Waals surface area contributed by atoms with Gasteiger partial charge < -0.3 is 15.0 Å². The lowest BCUT2D eigenvalue weighted by Crippen LogP contribution is -2.31. The van der Waals surface area contributed by atoms with Crippen LogP contribution in [-0.2, 0) is 22.6 Å². The molecule has 2 aliphatic heterocycles. The summed E-state index contributed by atoms with van der Waals surface area (Å²) in [6.45, 7) is 1.57. The summed E-state index contributed by atoms with van der Waals surface area (Å²) in [7, 11) is 0. The minimum atomic E-state index is -0.429. The van der Waals surface area contributed by atoms with E-state index in [4.69, 9.17) is 27.9 Å². The second-order valence-corrected chi connectivity index (χ2v) is 7.70. The van der Waals surface area contributed by atoms with Gasteiger partial charge in [0, 0.05) is 36.2 Å². The van der Waals surface area contributed by atoms with Crippen molar-refractivity contribution in [3.05, 3.63) is 81.7 Å². The molecule has 0 bridgehead atoms. The number of nitrogens with zero attached hydrogens (tertiary/aromatic N) is 3. The number of halogens is 2. The fourth-order valence-corrected chi connectivity index (χ4v) is 3.55. The zero-order valence-corrected chi connectivity index (χ0v) is 17.4. The van der Waals surface area contributed by atoms with E-state index < -0.39 is 11.9 Å². The van der Waals surface area contributed by atoms with Crippen molar-refractivity contribution in [2.45, 2.75) is 13.1 Å². The Bertz CT molecular complexity index is 1050. The van der Waals surface area contributed by atoms with Gasteiger partial charge in [0.2, 0.25) is 5.76 Å². The van der Waals surface area contributed by atoms with Crippen LogP contribution in [0.2, 0.25) is 10.0 Å². The first-order valence-electron chi connectivity index (χ1n) is 9.29. The Kier molecular flexibility index (Phi) is 5.92. The predicted molar refractivity (Wildman–Crippen MR) is 114 cm³/mol. The molecule has 0 radical (unpaired) electrons. The number of hydrogen-bond acceptors (Lipinski definition) is 4. The van der Waals surface area contributed by atoms with E-state index in [0.29, 0.717) is 36.2 Å². The number of nitrogens with one attached hydrogen (secondary N) is 1. The monoisotopic (exact) mass is 444 g/mol. The molecule has 0 saturated heterocycles. The Morgan fingerprint density at radius 3 is 2.50 bits per heavy atom. The second kappa shape index (κ2) is 8.77. The van der Waals surface area contributed by atoms with Gasteiger partial charge in [-0.15, -0.1) is 4.99 Å². The van der Waals surface area contributed by atoms with E-state index in [-0.39, 0.29) is 11.8 Å². The fraction of sp³-hybridized carbons (Fsp3) is 0.190. The maximum absolute atomic E-state index is 12.5. The number of rotatable bonds is 5. The van der Waals surface area contributed by atoms with Gasteiger partial charge in [0.15, 0.2) is 0 Å². The van der Waals surface area contributed by atoms with Crippen LogP contribution < -0.4 is 5.32 Å². The summed E-state index contributed by atoms with van der Waals surface area (Å²) in [5.41, 5.74) is 1.78. The van der Waals surface area contributed by atoms with Crippen LogP contribution in [0, 0.1) is 0 Å². The third-order valence-electron chi connectivity index (χ3n) is 4.62. The number of carbonyl (C=O) groups is 2. The van der Waals surface area contributed by atoms with E-state index in [0.717, 1.165) is 11.1 Å². The molecule has 2 heterocycles. The van der Waals surface area contributed by atoms with Crippen LogP contribution in [0.4, 0.5) is 4.79 Å².